The average molecular weight is 314 g/mol. The van der Waals surface area contributed by atoms with Crippen LogP contribution in [0.25, 0.3) is 0 Å². The number of primary sulfonamides is 1. The van der Waals surface area contributed by atoms with Crippen LogP contribution in [0.3, 0.4) is 0 Å². The fraction of sp³-hybridized carbons (Fsp3) is 0.600. The number of rotatable bonds is 8. The minimum absolute atomic E-state index is 0.0396. The van der Waals surface area contributed by atoms with Crippen LogP contribution in [0.15, 0.2) is 29.2 Å². The van der Waals surface area contributed by atoms with Crippen LogP contribution in [0, 0.1) is 5.41 Å². The first kappa shape index (κ1) is 18.1. The zero-order chi connectivity index (χ0) is 16.1. The fourth-order valence-electron chi connectivity index (χ4n) is 2.03. The van der Waals surface area contributed by atoms with E-state index < -0.39 is 10.0 Å². The Morgan fingerprint density at radius 1 is 1.29 bits per heavy atom. The van der Waals surface area contributed by atoms with Gasteiger partial charge in [0, 0.05) is 12.6 Å². The van der Waals surface area contributed by atoms with Gasteiger partial charge in [0.25, 0.3) is 0 Å². The smallest absolute Gasteiger partial charge is 0.238 e. The Hall–Kier alpha value is -0.950. The topological polar surface area (TPSA) is 92.4 Å². The second-order valence-corrected chi connectivity index (χ2v) is 7.78. The van der Waals surface area contributed by atoms with E-state index >= 15 is 0 Å². The molecule has 0 saturated carbocycles. The Bertz CT molecular complexity index is 539. The first-order valence-electron chi connectivity index (χ1n) is 7.13. The molecule has 21 heavy (non-hydrogen) atoms. The Morgan fingerprint density at radius 2 is 1.86 bits per heavy atom. The molecule has 1 atom stereocenters. The average Bonchev–Trinajstić information content (AvgIpc) is 2.42. The number of hydrogen-bond acceptors (Lipinski definition) is 4. The van der Waals surface area contributed by atoms with E-state index in [4.69, 9.17) is 5.14 Å². The quantitative estimate of drug-likeness (QED) is 0.638. The lowest BCUT2D eigenvalue weighted by Crippen LogP contribution is -2.23. The molecule has 0 spiro atoms. The minimum Gasteiger partial charge on any atom is -0.396 e. The third kappa shape index (κ3) is 6.13. The number of sulfonamides is 1. The molecule has 0 heterocycles. The van der Waals surface area contributed by atoms with E-state index in [1.54, 1.807) is 12.1 Å². The highest BCUT2D eigenvalue weighted by Crippen LogP contribution is 2.21. The highest BCUT2D eigenvalue weighted by atomic mass is 32.2. The van der Waals surface area contributed by atoms with E-state index in [-0.39, 0.29) is 23.0 Å². The molecule has 0 aromatic heterocycles. The Kier molecular flexibility index (Phi) is 6.34. The summed E-state index contributed by atoms with van der Waals surface area (Å²) < 4.78 is 22.4. The second-order valence-electron chi connectivity index (χ2n) is 6.22. The van der Waals surface area contributed by atoms with E-state index in [1.165, 1.54) is 12.1 Å². The molecule has 0 aliphatic carbocycles. The predicted molar refractivity (Wildman–Crippen MR) is 84.3 cm³/mol. The molecular formula is C15H26N2O3S. The molecule has 5 nitrogen and oxygen atoms in total. The second kappa shape index (κ2) is 7.35. The molecule has 0 saturated heterocycles. The minimum atomic E-state index is -3.63. The van der Waals surface area contributed by atoms with Crippen molar-refractivity contribution in [3.63, 3.8) is 0 Å². The number of aliphatic hydroxyl groups excluding tert-OH is 1. The van der Waals surface area contributed by atoms with Crippen LogP contribution in [-0.4, -0.2) is 26.7 Å². The zero-order valence-electron chi connectivity index (χ0n) is 13.0. The molecule has 4 N–H and O–H groups in total. The molecule has 0 amide bonds. The van der Waals surface area contributed by atoms with Crippen molar-refractivity contribution in [1.29, 1.82) is 0 Å². The van der Waals surface area contributed by atoms with Crippen LogP contribution in [-0.2, 0) is 10.0 Å². The third-order valence-electron chi connectivity index (χ3n) is 3.62. The molecule has 1 aromatic carbocycles. The van der Waals surface area contributed by atoms with Crippen molar-refractivity contribution in [3.8, 4) is 0 Å². The monoisotopic (exact) mass is 314 g/mol. The molecule has 0 fully saturated rings. The van der Waals surface area contributed by atoms with Crippen molar-refractivity contribution in [3.05, 3.63) is 29.8 Å². The van der Waals surface area contributed by atoms with Crippen LogP contribution in [0.4, 0.5) is 0 Å². The zero-order valence-corrected chi connectivity index (χ0v) is 13.8. The summed E-state index contributed by atoms with van der Waals surface area (Å²) in [4.78, 5) is 0.128. The maximum absolute atomic E-state index is 11.2. The first-order valence-corrected chi connectivity index (χ1v) is 8.67. The van der Waals surface area contributed by atoms with Gasteiger partial charge in [-0.2, -0.15) is 0 Å². The molecule has 0 aliphatic heterocycles. The summed E-state index contributed by atoms with van der Waals surface area (Å²) in [5, 5.41) is 17.7. The van der Waals surface area contributed by atoms with Gasteiger partial charge in [-0.1, -0.05) is 26.0 Å². The molecule has 1 rings (SSSR count). The van der Waals surface area contributed by atoms with Gasteiger partial charge in [0.05, 0.1) is 4.90 Å². The Labute approximate surface area is 127 Å². The van der Waals surface area contributed by atoms with Gasteiger partial charge in [-0.15, -0.1) is 0 Å². The Balaban J connectivity index is 2.48. The summed E-state index contributed by atoms with van der Waals surface area (Å²) in [6.07, 6.45) is 1.93. The highest BCUT2D eigenvalue weighted by molar-refractivity contribution is 7.89. The summed E-state index contributed by atoms with van der Waals surface area (Å²) in [6, 6.07) is 6.73. The molecule has 6 heteroatoms. The highest BCUT2D eigenvalue weighted by Gasteiger charge is 2.15. The van der Waals surface area contributed by atoms with E-state index in [2.05, 4.69) is 5.32 Å². The van der Waals surface area contributed by atoms with Crippen molar-refractivity contribution in [2.75, 3.05) is 13.2 Å². The predicted octanol–water partition coefficient (Wildman–Crippen LogP) is 1.78. The van der Waals surface area contributed by atoms with E-state index in [1.807, 2.05) is 20.8 Å². The van der Waals surface area contributed by atoms with Gasteiger partial charge in [-0.25, -0.2) is 13.6 Å². The fourth-order valence-corrected chi connectivity index (χ4v) is 2.54. The third-order valence-corrected chi connectivity index (χ3v) is 4.55. The van der Waals surface area contributed by atoms with Crippen LogP contribution in [0.5, 0.6) is 0 Å². The normalized spacial score (nSPS) is 14.1. The summed E-state index contributed by atoms with van der Waals surface area (Å²) in [5.74, 6) is 0. The molecule has 1 unspecified atom stereocenters. The number of aliphatic hydroxyl groups is 1. The molecule has 120 valence electrons. The SMILES string of the molecule is CC(NCCCC(C)(C)CO)c1ccc(S(N)(=O)=O)cc1. The van der Waals surface area contributed by atoms with E-state index in [0.717, 1.165) is 24.9 Å². The van der Waals surface area contributed by atoms with Crippen molar-refractivity contribution >= 4 is 10.0 Å². The summed E-state index contributed by atoms with van der Waals surface area (Å²) >= 11 is 0. The maximum Gasteiger partial charge on any atom is 0.238 e. The summed E-state index contributed by atoms with van der Waals surface area (Å²) in [7, 11) is -3.63. The van der Waals surface area contributed by atoms with Crippen LogP contribution in [0.1, 0.15) is 45.2 Å². The van der Waals surface area contributed by atoms with Crippen molar-refractivity contribution in [2.45, 2.75) is 44.6 Å². The van der Waals surface area contributed by atoms with Gasteiger partial charge in [-0.3, -0.25) is 0 Å². The number of nitrogens with two attached hydrogens (primary N) is 1. The van der Waals surface area contributed by atoms with Crippen molar-refractivity contribution < 1.29 is 13.5 Å². The number of hydrogen-bond donors (Lipinski definition) is 3. The summed E-state index contributed by atoms with van der Waals surface area (Å²) in [6.45, 7) is 7.16. The van der Waals surface area contributed by atoms with Crippen molar-refractivity contribution in [2.24, 2.45) is 10.6 Å². The molecule has 0 aliphatic rings. The first-order chi connectivity index (χ1) is 9.65. The van der Waals surface area contributed by atoms with Crippen LogP contribution >= 0.6 is 0 Å². The van der Waals surface area contributed by atoms with E-state index in [9.17, 15) is 13.5 Å². The Morgan fingerprint density at radius 3 is 2.33 bits per heavy atom. The van der Waals surface area contributed by atoms with Crippen LogP contribution in [0.2, 0.25) is 0 Å². The van der Waals surface area contributed by atoms with E-state index in [0.29, 0.717) is 0 Å². The van der Waals surface area contributed by atoms with Crippen LogP contribution < -0.4 is 10.5 Å². The van der Waals surface area contributed by atoms with Gasteiger partial charge in [0.2, 0.25) is 10.0 Å². The lowest BCUT2D eigenvalue weighted by atomic mass is 9.89. The molecule has 0 radical (unpaired) electrons. The van der Waals surface area contributed by atoms with Gasteiger partial charge < -0.3 is 10.4 Å². The lowest BCUT2D eigenvalue weighted by molar-refractivity contribution is 0.147. The van der Waals surface area contributed by atoms with Gasteiger partial charge >= 0.3 is 0 Å². The maximum atomic E-state index is 11.2. The van der Waals surface area contributed by atoms with Gasteiger partial charge in [-0.05, 0) is 49.4 Å². The molecule has 1 aromatic rings. The summed E-state index contributed by atoms with van der Waals surface area (Å²) in [5.41, 5.74) is 0.978. The lowest BCUT2D eigenvalue weighted by Gasteiger charge is -2.22. The molecule has 0 bridgehead atoms. The largest absolute Gasteiger partial charge is 0.396 e. The van der Waals surface area contributed by atoms with Crippen molar-refractivity contribution in [1.82, 2.24) is 5.32 Å². The number of nitrogens with one attached hydrogen (secondary N) is 1. The molecular weight excluding hydrogens is 288 g/mol. The standard InChI is InChI=1S/C15H26N2O3S/c1-12(17-10-4-9-15(2,3)11-18)13-5-7-14(8-6-13)21(16,19)20/h5-8,12,17-18H,4,9-11H2,1-3H3,(H2,16,19,20). The van der Waals surface area contributed by atoms with Gasteiger partial charge in [0.1, 0.15) is 0 Å². The van der Waals surface area contributed by atoms with Gasteiger partial charge in [0.15, 0.2) is 0 Å². The number of benzene rings is 1.